The average molecular weight is 488 g/mol. The zero-order valence-electron chi connectivity index (χ0n) is 21.2. The molecule has 1 saturated heterocycles. The van der Waals surface area contributed by atoms with E-state index in [9.17, 15) is 8.78 Å². The molecule has 35 heavy (non-hydrogen) atoms. The monoisotopic (exact) mass is 487 g/mol. The number of hydrogen-bond donors (Lipinski definition) is 0. The first-order valence-corrected chi connectivity index (χ1v) is 11.8. The van der Waals surface area contributed by atoms with Crippen molar-refractivity contribution in [1.82, 2.24) is 4.90 Å². The molecule has 0 saturated carbocycles. The maximum absolute atomic E-state index is 14.3. The van der Waals surface area contributed by atoms with Crippen LogP contribution in [-0.4, -0.2) is 57.2 Å². The number of hydrogen-bond acceptors (Lipinski definition) is 6. The highest BCUT2D eigenvalue weighted by Crippen LogP contribution is 2.26. The molecule has 8 heteroatoms. The lowest BCUT2D eigenvalue weighted by Crippen LogP contribution is -2.45. The van der Waals surface area contributed by atoms with Gasteiger partial charge in [-0.1, -0.05) is 0 Å². The Morgan fingerprint density at radius 1 is 1.09 bits per heavy atom. The minimum absolute atomic E-state index is 0.0822. The molecule has 0 aromatic heterocycles. The Morgan fingerprint density at radius 2 is 1.69 bits per heavy atom. The summed E-state index contributed by atoms with van der Waals surface area (Å²) < 4.78 is 45.3. The van der Waals surface area contributed by atoms with Crippen LogP contribution in [0.25, 0.3) is 0 Å². The minimum atomic E-state index is -0.743. The maximum atomic E-state index is 14.3. The summed E-state index contributed by atoms with van der Waals surface area (Å²) in [6.07, 6.45) is 0.236. The fraction of sp³-hybridized carbons (Fsp3) is 0.519. The molecule has 1 fully saturated rings. The molecular formula is C27H35F2N3O3. The van der Waals surface area contributed by atoms with Crippen LogP contribution < -0.4 is 9.64 Å². The van der Waals surface area contributed by atoms with Gasteiger partial charge in [0.25, 0.3) is 0 Å². The van der Waals surface area contributed by atoms with E-state index in [1.165, 1.54) is 19.2 Å². The summed E-state index contributed by atoms with van der Waals surface area (Å²) in [6.45, 7) is 9.49. The standard InChI is InChI=1S/C27H35F2N3O3/c1-27(2,3)31(4)15-21-17-34-25(35-18-21)10-11-32(22-8-6-19(14-30)7-9-22)16-20-12-23(28)26(33-5)24(29)13-20/h6-9,12-13,21,25H,10-11,15-18H2,1-5H3. The number of methoxy groups -OCH3 is 1. The van der Waals surface area contributed by atoms with Gasteiger partial charge in [-0.3, -0.25) is 0 Å². The Hall–Kier alpha value is -2.73. The van der Waals surface area contributed by atoms with Crippen LogP contribution >= 0.6 is 0 Å². The van der Waals surface area contributed by atoms with E-state index in [0.717, 1.165) is 12.2 Å². The first kappa shape index (κ1) is 26.9. The predicted octanol–water partition coefficient (Wildman–Crippen LogP) is 4.96. The van der Waals surface area contributed by atoms with Gasteiger partial charge in [0.15, 0.2) is 23.7 Å². The molecular weight excluding hydrogens is 452 g/mol. The number of anilines is 1. The second kappa shape index (κ2) is 11.8. The largest absolute Gasteiger partial charge is 0.491 e. The molecule has 0 bridgehead atoms. The first-order valence-electron chi connectivity index (χ1n) is 11.8. The minimum Gasteiger partial charge on any atom is -0.491 e. The summed E-state index contributed by atoms with van der Waals surface area (Å²) in [5.41, 5.74) is 1.93. The molecule has 0 spiro atoms. The van der Waals surface area contributed by atoms with E-state index in [1.54, 1.807) is 12.1 Å². The molecule has 2 aromatic rings. The van der Waals surface area contributed by atoms with Crippen LogP contribution in [-0.2, 0) is 16.0 Å². The lowest BCUT2D eigenvalue weighted by molar-refractivity contribution is -0.204. The van der Waals surface area contributed by atoms with Gasteiger partial charge in [-0.25, -0.2) is 8.78 Å². The van der Waals surface area contributed by atoms with Crippen LogP contribution in [0.2, 0.25) is 0 Å². The lowest BCUT2D eigenvalue weighted by Gasteiger charge is -2.37. The Labute approximate surface area is 207 Å². The lowest BCUT2D eigenvalue weighted by atomic mass is 10.0. The fourth-order valence-electron chi connectivity index (χ4n) is 3.94. The van der Waals surface area contributed by atoms with Crippen LogP contribution in [0, 0.1) is 28.9 Å². The number of halogens is 2. The van der Waals surface area contributed by atoms with Crippen molar-refractivity contribution in [2.75, 3.05) is 45.4 Å². The van der Waals surface area contributed by atoms with Crippen molar-refractivity contribution < 1.29 is 23.0 Å². The normalized spacial score (nSPS) is 18.4. The average Bonchev–Trinajstić information content (AvgIpc) is 2.82. The summed E-state index contributed by atoms with van der Waals surface area (Å²) in [4.78, 5) is 4.29. The predicted molar refractivity (Wildman–Crippen MR) is 131 cm³/mol. The summed E-state index contributed by atoms with van der Waals surface area (Å²) in [6, 6.07) is 11.8. The van der Waals surface area contributed by atoms with E-state index in [2.05, 4.69) is 38.8 Å². The Kier molecular flexibility index (Phi) is 9.06. The number of benzene rings is 2. The highest BCUT2D eigenvalue weighted by Gasteiger charge is 2.27. The fourth-order valence-corrected chi connectivity index (χ4v) is 3.94. The third kappa shape index (κ3) is 7.38. The van der Waals surface area contributed by atoms with Crippen LogP contribution in [0.1, 0.15) is 38.3 Å². The molecule has 0 amide bonds. The molecule has 190 valence electrons. The van der Waals surface area contributed by atoms with Crippen LogP contribution in [0.3, 0.4) is 0 Å². The molecule has 6 nitrogen and oxygen atoms in total. The molecule has 0 unspecified atom stereocenters. The number of nitrogens with zero attached hydrogens (tertiary/aromatic N) is 3. The van der Waals surface area contributed by atoms with Crippen LogP contribution in [0.15, 0.2) is 36.4 Å². The van der Waals surface area contributed by atoms with Gasteiger partial charge in [0.1, 0.15) is 0 Å². The molecule has 0 N–H and O–H groups in total. The topological polar surface area (TPSA) is 58.0 Å². The summed E-state index contributed by atoms with van der Waals surface area (Å²) in [5, 5.41) is 9.11. The van der Waals surface area contributed by atoms with Gasteiger partial charge >= 0.3 is 0 Å². The van der Waals surface area contributed by atoms with Crippen molar-refractivity contribution in [3.05, 3.63) is 59.2 Å². The number of ether oxygens (including phenoxy) is 3. The SMILES string of the molecule is COc1c(F)cc(CN(CCC2OCC(CN(C)C(C)(C)C)CO2)c2ccc(C#N)cc2)cc1F. The maximum Gasteiger partial charge on any atom is 0.190 e. The zero-order valence-corrected chi connectivity index (χ0v) is 21.2. The highest BCUT2D eigenvalue weighted by molar-refractivity contribution is 5.50. The van der Waals surface area contributed by atoms with Crippen molar-refractivity contribution in [2.24, 2.45) is 5.92 Å². The first-order chi connectivity index (χ1) is 16.6. The summed E-state index contributed by atoms with van der Waals surface area (Å²) in [5.74, 6) is -1.58. The van der Waals surface area contributed by atoms with Crippen molar-refractivity contribution in [1.29, 1.82) is 5.26 Å². The molecule has 2 aromatic carbocycles. The van der Waals surface area contributed by atoms with Gasteiger partial charge in [0, 0.05) is 43.2 Å². The smallest absolute Gasteiger partial charge is 0.190 e. The van der Waals surface area contributed by atoms with Crippen molar-refractivity contribution in [3.63, 3.8) is 0 Å². The van der Waals surface area contributed by atoms with Gasteiger partial charge < -0.3 is 24.0 Å². The third-order valence-electron chi connectivity index (χ3n) is 6.34. The second-order valence-electron chi connectivity index (χ2n) is 9.98. The highest BCUT2D eigenvalue weighted by atomic mass is 19.1. The van der Waals surface area contributed by atoms with E-state index in [-0.39, 0.29) is 18.4 Å². The van der Waals surface area contributed by atoms with Gasteiger partial charge in [0.05, 0.1) is 32.0 Å². The van der Waals surface area contributed by atoms with E-state index >= 15 is 0 Å². The molecule has 0 radical (unpaired) electrons. The van der Waals surface area contributed by atoms with Crippen molar-refractivity contribution >= 4 is 5.69 Å². The van der Waals surface area contributed by atoms with E-state index < -0.39 is 17.4 Å². The quantitative estimate of drug-likeness (QED) is 0.498. The Bertz CT molecular complexity index is 987. The van der Waals surface area contributed by atoms with Gasteiger partial charge in [-0.05, 0) is 69.8 Å². The molecule has 1 heterocycles. The molecule has 0 atom stereocenters. The van der Waals surface area contributed by atoms with Crippen molar-refractivity contribution in [3.8, 4) is 11.8 Å². The van der Waals surface area contributed by atoms with E-state index in [1.807, 2.05) is 17.0 Å². The Balaban J connectivity index is 1.65. The van der Waals surface area contributed by atoms with Crippen LogP contribution in [0.5, 0.6) is 5.75 Å². The molecule has 1 aliphatic rings. The van der Waals surface area contributed by atoms with E-state index in [0.29, 0.717) is 43.2 Å². The number of nitriles is 1. The van der Waals surface area contributed by atoms with Gasteiger partial charge in [0.2, 0.25) is 0 Å². The summed E-state index contributed by atoms with van der Waals surface area (Å²) in [7, 11) is 3.34. The van der Waals surface area contributed by atoms with E-state index in [4.69, 9.17) is 19.5 Å². The Morgan fingerprint density at radius 3 is 2.20 bits per heavy atom. The number of rotatable bonds is 9. The molecule has 0 aliphatic carbocycles. The van der Waals surface area contributed by atoms with Crippen molar-refractivity contribution in [2.45, 2.75) is 45.6 Å². The van der Waals surface area contributed by atoms with Gasteiger partial charge in [-0.15, -0.1) is 0 Å². The molecule has 3 rings (SSSR count). The third-order valence-corrected chi connectivity index (χ3v) is 6.34. The van der Waals surface area contributed by atoms with Gasteiger partial charge in [-0.2, -0.15) is 5.26 Å². The second-order valence-corrected chi connectivity index (χ2v) is 9.98. The molecule has 1 aliphatic heterocycles. The summed E-state index contributed by atoms with van der Waals surface area (Å²) >= 11 is 0. The zero-order chi connectivity index (χ0) is 25.6. The van der Waals surface area contributed by atoms with Crippen LogP contribution in [0.4, 0.5) is 14.5 Å².